The molecule has 1 aromatic heterocycles. The lowest BCUT2D eigenvalue weighted by atomic mass is 9.84. The molecule has 2 saturated carbocycles. The molecule has 0 aliphatic heterocycles. The monoisotopic (exact) mass is 526 g/mol. The Bertz CT molecular complexity index is 1270. The second-order valence-electron chi connectivity index (χ2n) is 13.7. The molecule has 0 radical (unpaired) electrons. The highest BCUT2D eigenvalue weighted by Gasteiger charge is 2.44. The molecule has 5 rings (SSSR count). The third-order valence-corrected chi connectivity index (χ3v) is 17.9. The van der Waals surface area contributed by atoms with Gasteiger partial charge in [-0.3, -0.25) is 0 Å². The first-order valence-electron chi connectivity index (χ1n) is 15.7. The average Bonchev–Trinajstić information content (AvgIpc) is 3.59. The molecule has 0 unspecified atom stereocenters. The Labute approximate surface area is 234 Å². The zero-order chi connectivity index (χ0) is 27.2. The summed E-state index contributed by atoms with van der Waals surface area (Å²) in [5, 5.41) is 4.48. The van der Waals surface area contributed by atoms with Crippen molar-refractivity contribution in [3.63, 3.8) is 0 Å². The highest BCUT2D eigenvalue weighted by Crippen LogP contribution is 2.44. The molecule has 2 aromatic carbocycles. The molecule has 204 valence electrons. The lowest BCUT2D eigenvalue weighted by molar-refractivity contribution is -0.659. The van der Waals surface area contributed by atoms with Crippen LogP contribution in [0.2, 0.25) is 16.6 Å². The van der Waals surface area contributed by atoms with Crippen LogP contribution in [0.3, 0.4) is 0 Å². The molecule has 2 fully saturated rings. The average molecular weight is 527 g/mol. The van der Waals surface area contributed by atoms with Gasteiger partial charge in [0.25, 0.3) is 0 Å². The highest BCUT2D eigenvalue weighted by molar-refractivity contribution is 6.95. The van der Waals surface area contributed by atoms with Crippen LogP contribution in [0.1, 0.15) is 121 Å². The van der Waals surface area contributed by atoms with Crippen molar-refractivity contribution in [3.05, 3.63) is 59.3 Å². The highest BCUT2D eigenvalue weighted by atomic mass is 28.3. The predicted molar refractivity (Wildman–Crippen MR) is 168 cm³/mol. The van der Waals surface area contributed by atoms with E-state index in [0.29, 0.717) is 0 Å². The summed E-state index contributed by atoms with van der Waals surface area (Å²) >= 11 is 0. The van der Waals surface area contributed by atoms with Crippen molar-refractivity contribution in [1.82, 2.24) is 0 Å². The minimum atomic E-state index is -1.70. The fraction of sp³-hybridized carbons (Fsp3) is 0.583. The standard InChI is InChI=1S/C36H52NSi/c1-24(2)38(25(3)4,26(5)6)32-17-18-33-30(21-32)19-20-37(8)36(33)35-23-31(28-13-9-10-14-28)22-34(27(35)7)29-15-11-12-16-29/h17-26,28-29H,9-16H2,1-8H3/q+1. The van der Waals surface area contributed by atoms with Gasteiger partial charge in [-0.05, 0) is 95.3 Å². The minimum Gasteiger partial charge on any atom is -0.200 e. The largest absolute Gasteiger partial charge is 0.220 e. The minimum absolute atomic E-state index is 0.721. The molecule has 3 aromatic rings. The maximum atomic E-state index is 2.64. The molecular weight excluding hydrogens is 474 g/mol. The van der Waals surface area contributed by atoms with E-state index < -0.39 is 8.07 Å². The third kappa shape index (κ3) is 4.59. The molecule has 0 amide bonds. The van der Waals surface area contributed by atoms with Crippen LogP contribution in [0.5, 0.6) is 0 Å². The van der Waals surface area contributed by atoms with Crippen LogP contribution in [0.15, 0.2) is 42.6 Å². The van der Waals surface area contributed by atoms with Gasteiger partial charge in [-0.2, -0.15) is 0 Å². The molecular formula is C36H52NSi+. The van der Waals surface area contributed by atoms with Crippen LogP contribution in [-0.4, -0.2) is 8.07 Å². The topological polar surface area (TPSA) is 3.88 Å². The lowest BCUT2D eigenvalue weighted by Gasteiger charge is -2.43. The van der Waals surface area contributed by atoms with E-state index in [1.54, 1.807) is 16.3 Å². The number of aromatic nitrogens is 1. The van der Waals surface area contributed by atoms with Crippen LogP contribution in [0, 0.1) is 6.92 Å². The third-order valence-electron chi connectivity index (χ3n) is 10.9. The summed E-state index contributed by atoms with van der Waals surface area (Å²) < 4.78 is 2.40. The number of hydrogen-bond donors (Lipinski definition) is 0. The maximum absolute atomic E-state index is 2.64. The second kappa shape index (κ2) is 10.9. The van der Waals surface area contributed by atoms with Gasteiger partial charge in [0.15, 0.2) is 6.20 Å². The zero-order valence-electron chi connectivity index (χ0n) is 25.5. The summed E-state index contributed by atoms with van der Waals surface area (Å²) in [4.78, 5) is 0. The van der Waals surface area contributed by atoms with Gasteiger partial charge in [-0.25, -0.2) is 4.57 Å². The fourth-order valence-corrected chi connectivity index (χ4v) is 15.9. The van der Waals surface area contributed by atoms with E-state index in [1.807, 2.05) is 0 Å². The SMILES string of the molecule is Cc1c(-c2c3ccc([Si](C(C)C)(C(C)C)C(C)C)cc3cc[n+]2C)cc(C2CCCC2)cc1C1CCCC1. The van der Waals surface area contributed by atoms with Crippen LogP contribution >= 0.6 is 0 Å². The quantitative estimate of drug-likeness (QED) is 0.213. The van der Waals surface area contributed by atoms with Crippen molar-refractivity contribution in [2.24, 2.45) is 7.05 Å². The molecule has 2 heteroatoms. The van der Waals surface area contributed by atoms with Gasteiger partial charge in [0.1, 0.15) is 7.05 Å². The molecule has 0 spiro atoms. The second-order valence-corrected chi connectivity index (χ2v) is 19.6. The summed E-state index contributed by atoms with van der Waals surface area (Å²) in [5.74, 6) is 1.49. The van der Waals surface area contributed by atoms with E-state index in [-0.39, 0.29) is 0 Å². The summed E-state index contributed by atoms with van der Waals surface area (Å²) in [6.45, 7) is 17.3. The first kappa shape index (κ1) is 27.6. The Morgan fingerprint density at radius 1 is 0.737 bits per heavy atom. The molecule has 1 nitrogen and oxygen atoms in total. The van der Waals surface area contributed by atoms with Gasteiger partial charge >= 0.3 is 0 Å². The van der Waals surface area contributed by atoms with Crippen molar-refractivity contribution in [3.8, 4) is 11.3 Å². The first-order chi connectivity index (χ1) is 18.2. The molecule has 0 saturated heterocycles. The molecule has 0 N–H and O–H groups in total. The molecule has 0 atom stereocenters. The predicted octanol–water partition coefficient (Wildman–Crippen LogP) is 9.84. The van der Waals surface area contributed by atoms with Crippen molar-refractivity contribution < 1.29 is 4.57 Å². The van der Waals surface area contributed by atoms with Crippen LogP contribution in [-0.2, 0) is 7.05 Å². The van der Waals surface area contributed by atoms with Crippen LogP contribution in [0.4, 0.5) is 0 Å². The molecule has 2 aliphatic rings. The van der Waals surface area contributed by atoms with E-state index in [0.717, 1.165) is 28.5 Å². The summed E-state index contributed by atoms with van der Waals surface area (Å²) in [6.07, 6.45) is 13.4. The summed E-state index contributed by atoms with van der Waals surface area (Å²) in [5.41, 5.74) is 9.86. The summed E-state index contributed by atoms with van der Waals surface area (Å²) in [7, 11) is 0.556. The molecule has 1 heterocycles. The van der Waals surface area contributed by atoms with Crippen molar-refractivity contribution in [1.29, 1.82) is 0 Å². The van der Waals surface area contributed by atoms with Gasteiger partial charge < -0.3 is 0 Å². The number of hydrogen-bond acceptors (Lipinski definition) is 0. The number of rotatable bonds is 7. The fourth-order valence-electron chi connectivity index (χ4n) is 9.14. The van der Waals surface area contributed by atoms with Crippen molar-refractivity contribution in [2.45, 2.75) is 128 Å². The maximum Gasteiger partial charge on any atom is 0.220 e. The molecule has 38 heavy (non-hydrogen) atoms. The number of fused-ring (bicyclic) bond motifs is 1. The van der Waals surface area contributed by atoms with Gasteiger partial charge in [0.2, 0.25) is 5.69 Å². The van der Waals surface area contributed by atoms with Gasteiger partial charge in [0.05, 0.1) is 19.0 Å². The van der Waals surface area contributed by atoms with E-state index in [1.165, 1.54) is 79.0 Å². The number of benzene rings is 2. The van der Waals surface area contributed by atoms with E-state index in [9.17, 15) is 0 Å². The summed E-state index contributed by atoms with van der Waals surface area (Å²) in [6, 6.07) is 15.2. The zero-order valence-corrected chi connectivity index (χ0v) is 26.5. The van der Waals surface area contributed by atoms with E-state index >= 15 is 0 Å². The van der Waals surface area contributed by atoms with E-state index in [2.05, 4.69) is 103 Å². The normalized spacial score (nSPS) is 17.7. The number of aryl methyl sites for hydroxylation is 1. The van der Waals surface area contributed by atoms with Crippen molar-refractivity contribution in [2.75, 3.05) is 0 Å². The van der Waals surface area contributed by atoms with Crippen molar-refractivity contribution >= 4 is 24.0 Å². The van der Waals surface area contributed by atoms with Gasteiger partial charge in [-0.15, -0.1) is 0 Å². The van der Waals surface area contributed by atoms with Gasteiger partial charge in [0, 0.05) is 6.07 Å². The Morgan fingerprint density at radius 3 is 1.89 bits per heavy atom. The van der Waals surface area contributed by atoms with Crippen LogP contribution < -0.4 is 9.75 Å². The van der Waals surface area contributed by atoms with Gasteiger partial charge in [-0.1, -0.05) is 90.6 Å². The number of nitrogens with zero attached hydrogens (tertiary/aromatic N) is 1. The Hall–Kier alpha value is -1.93. The Kier molecular flexibility index (Phi) is 7.93. The molecule has 2 aliphatic carbocycles. The Morgan fingerprint density at radius 2 is 1.32 bits per heavy atom. The Balaban J connectivity index is 1.72. The smallest absolute Gasteiger partial charge is 0.200 e. The lowest BCUT2D eigenvalue weighted by Crippen LogP contribution is -2.55. The van der Waals surface area contributed by atoms with E-state index in [4.69, 9.17) is 0 Å². The number of pyridine rings is 1. The molecule has 0 bridgehead atoms. The first-order valence-corrected chi connectivity index (χ1v) is 18.0. The van der Waals surface area contributed by atoms with Crippen LogP contribution in [0.25, 0.3) is 22.0 Å².